The van der Waals surface area contributed by atoms with Crippen molar-refractivity contribution in [1.29, 1.82) is 0 Å². The largest absolute Gasteiger partial charge is 0.355 e. The molecule has 4 heteroatoms. The van der Waals surface area contributed by atoms with E-state index >= 15 is 0 Å². The van der Waals surface area contributed by atoms with Gasteiger partial charge in [0.25, 0.3) is 0 Å². The van der Waals surface area contributed by atoms with Gasteiger partial charge in [-0.3, -0.25) is 4.79 Å². The predicted octanol–water partition coefficient (Wildman–Crippen LogP) is 1.63. The van der Waals surface area contributed by atoms with Crippen molar-refractivity contribution in [3.8, 4) is 0 Å². The number of carbonyl (C=O) groups excluding carboxylic acids is 1. The molecule has 0 aliphatic carbocycles. The average Bonchev–Trinajstić information content (AvgIpc) is 2.25. The van der Waals surface area contributed by atoms with Crippen molar-refractivity contribution in [3.05, 3.63) is 0 Å². The number of amides is 1. The summed E-state index contributed by atoms with van der Waals surface area (Å²) in [6.45, 7) is 5.45. The van der Waals surface area contributed by atoms with Crippen LogP contribution in [0.5, 0.6) is 0 Å². The molecule has 0 aliphatic heterocycles. The molecule has 1 atom stereocenters. The van der Waals surface area contributed by atoms with Crippen LogP contribution in [0.25, 0.3) is 0 Å². The molecule has 3 nitrogen and oxygen atoms in total. The Labute approximate surface area is 97.8 Å². The second kappa shape index (κ2) is 10.3. The normalized spacial score (nSPS) is 12.5. The first-order valence-electron chi connectivity index (χ1n) is 5.69. The molecule has 15 heavy (non-hydrogen) atoms. The fourth-order valence-corrected chi connectivity index (χ4v) is 1.57. The Morgan fingerprint density at radius 3 is 2.73 bits per heavy atom. The summed E-state index contributed by atoms with van der Waals surface area (Å²) in [6.07, 6.45) is 5.42. The van der Waals surface area contributed by atoms with E-state index < -0.39 is 0 Å². The molecule has 0 aromatic heterocycles. The van der Waals surface area contributed by atoms with Crippen LogP contribution in [0.4, 0.5) is 0 Å². The molecule has 0 aromatic rings. The third-order valence-electron chi connectivity index (χ3n) is 2.32. The van der Waals surface area contributed by atoms with Gasteiger partial charge >= 0.3 is 0 Å². The second-order valence-corrected chi connectivity index (χ2v) is 4.73. The lowest BCUT2D eigenvalue weighted by Gasteiger charge is -2.11. The molecular formula is C11H24N2OS. The first kappa shape index (κ1) is 14.8. The zero-order chi connectivity index (χ0) is 11.5. The molecule has 2 N–H and O–H groups in total. The Morgan fingerprint density at radius 2 is 2.13 bits per heavy atom. The van der Waals surface area contributed by atoms with E-state index in [1.165, 1.54) is 12.2 Å². The predicted molar refractivity (Wildman–Crippen MR) is 68.4 cm³/mol. The van der Waals surface area contributed by atoms with Gasteiger partial charge in [0.1, 0.15) is 0 Å². The van der Waals surface area contributed by atoms with Crippen molar-refractivity contribution in [2.75, 3.05) is 25.1 Å². The van der Waals surface area contributed by atoms with Gasteiger partial charge in [-0.25, -0.2) is 0 Å². The van der Waals surface area contributed by atoms with Crippen LogP contribution in [0, 0.1) is 0 Å². The second-order valence-electron chi connectivity index (χ2n) is 3.74. The van der Waals surface area contributed by atoms with Crippen LogP contribution in [-0.2, 0) is 4.79 Å². The van der Waals surface area contributed by atoms with Gasteiger partial charge in [-0.15, -0.1) is 0 Å². The van der Waals surface area contributed by atoms with Gasteiger partial charge in [0.05, 0.1) is 6.54 Å². The van der Waals surface area contributed by atoms with Gasteiger partial charge in [-0.1, -0.05) is 6.92 Å². The van der Waals surface area contributed by atoms with Gasteiger partial charge < -0.3 is 10.6 Å². The van der Waals surface area contributed by atoms with Crippen LogP contribution in [0.1, 0.15) is 33.1 Å². The lowest BCUT2D eigenvalue weighted by molar-refractivity contribution is -0.120. The number of thioether (sulfide) groups is 1. The summed E-state index contributed by atoms with van der Waals surface area (Å²) in [5.41, 5.74) is 0. The smallest absolute Gasteiger partial charge is 0.233 e. The molecular weight excluding hydrogens is 208 g/mol. The number of rotatable bonds is 9. The van der Waals surface area contributed by atoms with Crippen LogP contribution < -0.4 is 10.6 Å². The van der Waals surface area contributed by atoms with Crippen molar-refractivity contribution >= 4 is 17.7 Å². The standard InChI is InChI=1S/C11H24N2OS/c1-4-10(2)13-9-11(14)12-7-5-6-8-15-3/h10,13H,4-9H2,1-3H3,(H,12,14). The molecule has 0 saturated carbocycles. The van der Waals surface area contributed by atoms with E-state index in [9.17, 15) is 4.79 Å². The van der Waals surface area contributed by atoms with Crippen molar-refractivity contribution in [3.63, 3.8) is 0 Å². The Bertz CT molecular complexity index is 165. The molecule has 0 spiro atoms. The number of hydrogen-bond acceptors (Lipinski definition) is 3. The lowest BCUT2D eigenvalue weighted by Crippen LogP contribution is -2.38. The molecule has 0 radical (unpaired) electrons. The zero-order valence-electron chi connectivity index (χ0n) is 10.1. The maximum atomic E-state index is 11.3. The highest BCUT2D eigenvalue weighted by Crippen LogP contribution is 1.97. The number of hydrogen-bond donors (Lipinski definition) is 2. The molecule has 0 aromatic carbocycles. The number of carbonyl (C=O) groups is 1. The Kier molecular flexibility index (Phi) is 10.2. The Balaban J connectivity index is 3.26. The van der Waals surface area contributed by atoms with Crippen LogP contribution in [0.15, 0.2) is 0 Å². The average molecular weight is 232 g/mol. The van der Waals surface area contributed by atoms with Crippen molar-refractivity contribution in [2.45, 2.75) is 39.2 Å². The maximum Gasteiger partial charge on any atom is 0.233 e. The van der Waals surface area contributed by atoms with Gasteiger partial charge in [-0.2, -0.15) is 11.8 Å². The Hall–Kier alpha value is -0.220. The van der Waals surface area contributed by atoms with Crippen molar-refractivity contribution < 1.29 is 4.79 Å². The highest BCUT2D eigenvalue weighted by molar-refractivity contribution is 7.98. The highest BCUT2D eigenvalue weighted by atomic mass is 32.2. The van der Waals surface area contributed by atoms with E-state index in [1.807, 2.05) is 11.8 Å². The first-order chi connectivity index (χ1) is 7.20. The summed E-state index contributed by atoms with van der Waals surface area (Å²) in [4.78, 5) is 11.3. The molecule has 90 valence electrons. The van der Waals surface area contributed by atoms with Crippen LogP contribution >= 0.6 is 11.8 Å². The summed E-state index contributed by atoms with van der Waals surface area (Å²) in [5, 5.41) is 6.08. The molecule has 0 rings (SSSR count). The lowest BCUT2D eigenvalue weighted by atomic mass is 10.2. The zero-order valence-corrected chi connectivity index (χ0v) is 11.0. The molecule has 0 saturated heterocycles. The third kappa shape index (κ3) is 10.1. The number of unbranched alkanes of at least 4 members (excludes halogenated alkanes) is 1. The minimum atomic E-state index is 0.111. The van der Waals surface area contributed by atoms with Crippen molar-refractivity contribution in [1.82, 2.24) is 10.6 Å². The third-order valence-corrected chi connectivity index (χ3v) is 3.02. The van der Waals surface area contributed by atoms with Crippen LogP contribution in [0.3, 0.4) is 0 Å². The summed E-state index contributed by atoms with van der Waals surface area (Å²) >= 11 is 1.85. The minimum absolute atomic E-state index is 0.111. The minimum Gasteiger partial charge on any atom is -0.355 e. The van der Waals surface area contributed by atoms with Gasteiger partial charge in [0.2, 0.25) is 5.91 Å². The molecule has 0 heterocycles. The molecule has 1 amide bonds. The molecule has 0 bridgehead atoms. The van der Waals surface area contributed by atoms with E-state index in [4.69, 9.17) is 0 Å². The van der Waals surface area contributed by atoms with Crippen LogP contribution in [-0.4, -0.2) is 37.0 Å². The van der Waals surface area contributed by atoms with E-state index in [-0.39, 0.29) is 5.91 Å². The SMILES string of the molecule is CCC(C)NCC(=O)NCCCCSC. The highest BCUT2D eigenvalue weighted by Gasteiger charge is 2.02. The molecule has 1 unspecified atom stereocenters. The van der Waals surface area contributed by atoms with Gasteiger partial charge in [0.15, 0.2) is 0 Å². The van der Waals surface area contributed by atoms with E-state index in [0.717, 1.165) is 19.4 Å². The van der Waals surface area contributed by atoms with Gasteiger partial charge in [0, 0.05) is 12.6 Å². The fourth-order valence-electron chi connectivity index (χ4n) is 1.07. The summed E-state index contributed by atoms with van der Waals surface area (Å²) in [7, 11) is 0. The Morgan fingerprint density at radius 1 is 1.40 bits per heavy atom. The topological polar surface area (TPSA) is 41.1 Å². The monoisotopic (exact) mass is 232 g/mol. The summed E-state index contributed by atoms with van der Waals surface area (Å²) in [6, 6.07) is 0.423. The van der Waals surface area contributed by atoms with Crippen LogP contribution in [0.2, 0.25) is 0 Å². The van der Waals surface area contributed by atoms with E-state index in [2.05, 4.69) is 30.7 Å². The van der Waals surface area contributed by atoms with E-state index in [1.54, 1.807) is 0 Å². The van der Waals surface area contributed by atoms with Crippen molar-refractivity contribution in [2.24, 2.45) is 0 Å². The van der Waals surface area contributed by atoms with Gasteiger partial charge in [-0.05, 0) is 38.2 Å². The molecule has 0 fully saturated rings. The van der Waals surface area contributed by atoms with E-state index in [0.29, 0.717) is 12.6 Å². The summed E-state index contributed by atoms with van der Waals surface area (Å²) < 4.78 is 0. The number of nitrogens with one attached hydrogen (secondary N) is 2. The fraction of sp³-hybridized carbons (Fsp3) is 0.909. The molecule has 0 aliphatic rings. The summed E-state index contributed by atoms with van der Waals surface area (Å²) in [5.74, 6) is 1.29. The quantitative estimate of drug-likeness (QED) is 0.594. The first-order valence-corrected chi connectivity index (χ1v) is 7.09. The maximum absolute atomic E-state index is 11.3.